The number of benzene rings is 2. The van der Waals surface area contributed by atoms with Crippen LogP contribution in [-0.2, 0) is 17.9 Å². The van der Waals surface area contributed by atoms with E-state index < -0.39 is 0 Å². The van der Waals surface area contributed by atoms with Crippen molar-refractivity contribution in [3.8, 4) is 11.5 Å². The summed E-state index contributed by atoms with van der Waals surface area (Å²) in [5.74, 6) is 1.10. The molecule has 0 fully saturated rings. The second kappa shape index (κ2) is 10.8. The van der Waals surface area contributed by atoms with Gasteiger partial charge in [-0.3, -0.25) is 14.2 Å². The summed E-state index contributed by atoms with van der Waals surface area (Å²) in [6, 6.07) is 13.5. The molecule has 1 unspecified atom stereocenters. The Hall–Kier alpha value is -3.35. The van der Waals surface area contributed by atoms with Crippen LogP contribution in [0.1, 0.15) is 38.7 Å². The molecule has 0 spiro atoms. The molecule has 0 aliphatic rings. The van der Waals surface area contributed by atoms with E-state index in [2.05, 4.69) is 18.8 Å². The van der Waals surface area contributed by atoms with Gasteiger partial charge in [-0.25, -0.2) is 4.98 Å². The van der Waals surface area contributed by atoms with E-state index in [9.17, 15) is 9.59 Å². The summed E-state index contributed by atoms with van der Waals surface area (Å²) in [4.78, 5) is 32.2. The number of aryl methyl sites for hydroxylation is 1. The van der Waals surface area contributed by atoms with Gasteiger partial charge in [0, 0.05) is 31.6 Å². The molecule has 0 saturated heterocycles. The molecular formula is C25H31N3O4. The highest BCUT2D eigenvalue weighted by Crippen LogP contribution is 2.29. The summed E-state index contributed by atoms with van der Waals surface area (Å²) in [5, 5.41) is 0.460. The Morgan fingerprint density at radius 2 is 1.81 bits per heavy atom. The smallest absolute Gasteiger partial charge is 0.261 e. The van der Waals surface area contributed by atoms with Crippen molar-refractivity contribution >= 4 is 16.8 Å². The minimum absolute atomic E-state index is 0.0939. The molecule has 7 nitrogen and oxygen atoms in total. The average molecular weight is 438 g/mol. The molecule has 1 atom stereocenters. The molecule has 32 heavy (non-hydrogen) atoms. The van der Waals surface area contributed by atoms with Crippen LogP contribution in [0.15, 0.2) is 53.6 Å². The Morgan fingerprint density at radius 1 is 1.12 bits per heavy atom. The number of carbonyl (C=O) groups excluding carboxylic acids is 1. The van der Waals surface area contributed by atoms with Gasteiger partial charge in [-0.2, -0.15) is 0 Å². The molecular weight excluding hydrogens is 406 g/mol. The van der Waals surface area contributed by atoms with Crippen molar-refractivity contribution < 1.29 is 14.3 Å². The first kappa shape index (κ1) is 23.3. The van der Waals surface area contributed by atoms with Crippen LogP contribution in [0, 0.1) is 0 Å². The van der Waals surface area contributed by atoms with Crippen LogP contribution in [-0.4, -0.2) is 40.6 Å². The van der Waals surface area contributed by atoms with E-state index >= 15 is 0 Å². The Balaban J connectivity index is 1.70. The zero-order chi connectivity index (χ0) is 23.1. The lowest BCUT2D eigenvalue weighted by atomic mass is 10.1. The number of nitrogens with zero attached hydrogens (tertiary/aromatic N) is 3. The normalized spacial score (nSPS) is 11.9. The molecule has 170 valence electrons. The zero-order valence-corrected chi connectivity index (χ0v) is 19.2. The molecule has 7 heteroatoms. The minimum atomic E-state index is -0.161. The number of hydrogen-bond donors (Lipinski definition) is 0. The first-order chi connectivity index (χ1) is 15.5. The van der Waals surface area contributed by atoms with Gasteiger partial charge in [0.05, 0.1) is 31.4 Å². The maximum Gasteiger partial charge on any atom is 0.261 e. The number of hydrogen-bond acceptors (Lipinski definition) is 5. The number of amides is 1. The zero-order valence-electron chi connectivity index (χ0n) is 19.2. The van der Waals surface area contributed by atoms with Crippen molar-refractivity contribution in [2.24, 2.45) is 0 Å². The third-order valence-electron chi connectivity index (χ3n) is 5.76. The monoisotopic (exact) mass is 437 g/mol. The largest absolute Gasteiger partial charge is 0.493 e. The van der Waals surface area contributed by atoms with Gasteiger partial charge in [0.1, 0.15) is 0 Å². The van der Waals surface area contributed by atoms with Crippen LogP contribution >= 0.6 is 0 Å². The van der Waals surface area contributed by atoms with E-state index in [1.165, 1.54) is 13.4 Å². The molecule has 2 aromatic carbocycles. The van der Waals surface area contributed by atoms with Crippen molar-refractivity contribution in [1.29, 1.82) is 0 Å². The van der Waals surface area contributed by atoms with Crippen molar-refractivity contribution in [2.45, 2.75) is 52.2 Å². The number of fused-ring (bicyclic) bond motifs is 1. The van der Waals surface area contributed by atoms with Crippen LogP contribution in [0.3, 0.4) is 0 Å². The van der Waals surface area contributed by atoms with E-state index in [1.54, 1.807) is 23.8 Å². The fourth-order valence-corrected chi connectivity index (χ4v) is 3.68. The molecule has 3 aromatic rings. The summed E-state index contributed by atoms with van der Waals surface area (Å²) in [7, 11) is 3.07. The lowest BCUT2D eigenvalue weighted by molar-refractivity contribution is -0.134. The number of ether oxygens (including phenoxy) is 2. The fraction of sp³-hybridized carbons (Fsp3) is 0.400. The van der Waals surface area contributed by atoms with Crippen molar-refractivity contribution in [3.05, 3.63) is 64.7 Å². The van der Waals surface area contributed by atoms with E-state index in [-0.39, 0.29) is 17.5 Å². The number of aromatic nitrogens is 2. The van der Waals surface area contributed by atoms with E-state index in [4.69, 9.17) is 9.47 Å². The Morgan fingerprint density at radius 3 is 2.47 bits per heavy atom. The summed E-state index contributed by atoms with van der Waals surface area (Å²) in [5.41, 5.74) is 1.50. The topological polar surface area (TPSA) is 73.7 Å². The predicted octanol–water partition coefficient (Wildman–Crippen LogP) is 4.02. The summed E-state index contributed by atoms with van der Waals surface area (Å²) >= 11 is 0. The molecule has 3 rings (SSSR count). The van der Waals surface area contributed by atoms with Gasteiger partial charge in [0.15, 0.2) is 11.5 Å². The van der Waals surface area contributed by atoms with E-state index in [0.29, 0.717) is 48.3 Å². The van der Waals surface area contributed by atoms with Crippen molar-refractivity contribution in [3.63, 3.8) is 0 Å². The van der Waals surface area contributed by atoms with Crippen LogP contribution in [0.25, 0.3) is 10.9 Å². The quantitative estimate of drug-likeness (QED) is 0.479. The van der Waals surface area contributed by atoms with E-state index in [1.807, 2.05) is 35.2 Å². The number of rotatable bonds is 10. The van der Waals surface area contributed by atoms with Gasteiger partial charge in [0.25, 0.3) is 5.56 Å². The highest BCUT2D eigenvalue weighted by Gasteiger charge is 2.19. The third-order valence-corrected chi connectivity index (χ3v) is 5.76. The lowest BCUT2D eigenvalue weighted by Gasteiger charge is -2.29. The first-order valence-corrected chi connectivity index (χ1v) is 10.9. The van der Waals surface area contributed by atoms with Gasteiger partial charge in [-0.1, -0.05) is 37.3 Å². The van der Waals surface area contributed by atoms with Crippen LogP contribution in [0.2, 0.25) is 0 Å². The van der Waals surface area contributed by atoms with Gasteiger partial charge >= 0.3 is 0 Å². The number of methoxy groups -OCH3 is 2. The van der Waals surface area contributed by atoms with Gasteiger partial charge in [-0.15, -0.1) is 0 Å². The van der Waals surface area contributed by atoms with Crippen LogP contribution in [0.5, 0.6) is 11.5 Å². The van der Waals surface area contributed by atoms with Gasteiger partial charge in [-0.05, 0) is 31.4 Å². The van der Waals surface area contributed by atoms with Crippen molar-refractivity contribution in [2.75, 3.05) is 14.2 Å². The fourth-order valence-electron chi connectivity index (χ4n) is 3.68. The second-order valence-electron chi connectivity index (χ2n) is 7.84. The molecule has 0 aliphatic carbocycles. The molecule has 1 aromatic heterocycles. The van der Waals surface area contributed by atoms with Crippen molar-refractivity contribution in [1.82, 2.24) is 14.5 Å². The second-order valence-corrected chi connectivity index (χ2v) is 7.84. The molecule has 1 heterocycles. The highest BCUT2D eigenvalue weighted by molar-refractivity contribution is 5.81. The maximum absolute atomic E-state index is 13.0. The van der Waals surface area contributed by atoms with Crippen LogP contribution in [0.4, 0.5) is 0 Å². The number of carbonyl (C=O) groups is 1. The maximum atomic E-state index is 13.0. The molecule has 0 radical (unpaired) electrons. The standard InChI is InChI=1S/C25H31N3O4/c1-5-18(2)28(16-19-10-7-6-8-11-19)24(29)12-9-13-27-17-26-21-15-23(32-4)22(31-3)14-20(21)25(27)30/h6-8,10-11,14-15,17-18H,5,9,12-13,16H2,1-4H3. The lowest BCUT2D eigenvalue weighted by Crippen LogP contribution is -2.37. The molecule has 0 bridgehead atoms. The summed E-state index contributed by atoms with van der Waals surface area (Å²) in [6.45, 7) is 5.16. The Kier molecular flexibility index (Phi) is 7.87. The van der Waals surface area contributed by atoms with E-state index in [0.717, 1.165) is 12.0 Å². The average Bonchev–Trinajstić information content (AvgIpc) is 2.83. The highest BCUT2D eigenvalue weighted by atomic mass is 16.5. The Labute approximate surface area is 188 Å². The Bertz CT molecular complexity index is 1110. The van der Waals surface area contributed by atoms with Crippen LogP contribution < -0.4 is 15.0 Å². The molecule has 0 saturated carbocycles. The summed E-state index contributed by atoms with van der Waals surface area (Å²) < 4.78 is 12.1. The first-order valence-electron chi connectivity index (χ1n) is 10.9. The molecule has 0 aliphatic heterocycles. The predicted molar refractivity (Wildman–Crippen MR) is 125 cm³/mol. The third kappa shape index (κ3) is 5.28. The van der Waals surface area contributed by atoms with Gasteiger partial charge < -0.3 is 14.4 Å². The minimum Gasteiger partial charge on any atom is -0.493 e. The molecule has 0 N–H and O–H groups in total. The summed E-state index contributed by atoms with van der Waals surface area (Å²) in [6.07, 6.45) is 3.34. The molecule has 1 amide bonds. The van der Waals surface area contributed by atoms with Gasteiger partial charge in [0.2, 0.25) is 5.91 Å². The SMILES string of the molecule is CCC(C)N(Cc1ccccc1)C(=O)CCCn1cnc2cc(OC)c(OC)cc2c1=O.